The van der Waals surface area contributed by atoms with Gasteiger partial charge in [0.15, 0.2) is 0 Å². The summed E-state index contributed by atoms with van der Waals surface area (Å²) in [5.41, 5.74) is -0.0339. The highest BCUT2D eigenvalue weighted by Gasteiger charge is 2.34. The lowest BCUT2D eigenvalue weighted by Gasteiger charge is -2.04. The number of nitrogens with zero attached hydrogens (tertiary/aromatic N) is 1. The molecule has 0 aromatic heterocycles. The Hall–Kier alpha value is -0.260. The molecule has 0 bridgehead atoms. The maximum Gasteiger partial charge on any atom is 0.444 e. The molecule has 0 saturated carbocycles. The molecule has 15 heavy (non-hydrogen) atoms. The number of alkyl halides is 3. The summed E-state index contributed by atoms with van der Waals surface area (Å²) < 4.78 is 36.6. The van der Waals surface area contributed by atoms with Gasteiger partial charge in [-0.25, -0.2) is 4.99 Å². The van der Waals surface area contributed by atoms with Gasteiger partial charge in [-0.15, -0.1) is 0 Å². The van der Waals surface area contributed by atoms with Gasteiger partial charge in [0.1, 0.15) is 0 Å². The van der Waals surface area contributed by atoms with E-state index < -0.39 is 11.3 Å². The Morgan fingerprint density at radius 1 is 1.33 bits per heavy atom. The lowest BCUT2D eigenvalue weighted by molar-refractivity contribution is -0.0558. The molecule has 1 nitrogen and oxygen atoms in total. The van der Waals surface area contributed by atoms with Crippen LogP contribution in [0, 0.1) is 0 Å². The predicted octanol–water partition coefficient (Wildman–Crippen LogP) is 4.93. The Balaban J connectivity index is 3.15. The van der Waals surface area contributed by atoms with Crippen molar-refractivity contribution in [3.05, 3.63) is 27.7 Å². The molecule has 0 spiro atoms. The molecular formula is C8H3BrCl2F3N. The molecule has 82 valence electrons. The Morgan fingerprint density at radius 3 is 2.47 bits per heavy atom. The van der Waals surface area contributed by atoms with Crippen molar-refractivity contribution in [2.45, 2.75) is 6.18 Å². The predicted molar refractivity (Wildman–Crippen MR) is 58.2 cm³/mol. The number of rotatable bonds is 1. The lowest BCUT2D eigenvalue weighted by atomic mass is 10.3. The van der Waals surface area contributed by atoms with Gasteiger partial charge in [0, 0.05) is 4.47 Å². The molecule has 0 aliphatic carbocycles. The van der Waals surface area contributed by atoms with Gasteiger partial charge < -0.3 is 0 Å². The van der Waals surface area contributed by atoms with Crippen molar-refractivity contribution in [2.75, 3.05) is 0 Å². The van der Waals surface area contributed by atoms with Crippen molar-refractivity contribution in [2.24, 2.45) is 4.99 Å². The first-order chi connectivity index (χ1) is 6.82. The smallest absolute Gasteiger partial charge is 0.231 e. The topological polar surface area (TPSA) is 12.4 Å². The quantitative estimate of drug-likeness (QED) is 0.650. The molecule has 0 atom stereocenters. The second-order valence-corrected chi connectivity index (χ2v) is 4.06. The molecule has 1 aromatic carbocycles. The van der Waals surface area contributed by atoms with Crippen molar-refractivity contribution in [3.63, 3.8) is 0 Å². The number of hydrogen-bond donors (Lipinski definition) is 0. The van der Waals surface area contributed by atoms with Crippen molar-refractivity contribution in [1.82, 2.24) is 0 Å². The monoisotopic (exact) mass is 319 g/mol. The second kappa shape index (κ2) is 4.72. The van der Waals surface area contributed by atoms with E-state index in [1.807, 2.05) is 0 Å². The molecule has 0 fully saturated rings. The van der Waals surface area contributed by atoms with Crippen LogP contribution in [0.3, 0.4) is 0 Å². The van der Waals surface area contributed by atoms with Crippen LogP contribution in [0.1, 0.15) is 0 Å². The molecule has 0 N–H and O–H groups in total. The van der Waals surface area contributed by atoms with Crippen molar-refractivity contribution >= 4 is 50.0 Å². The SMILES string of the molecule is FC(F)(F)C(Cl)=Nc1cccc(Br)c1Cl. The average molecular weight is 321 g/mol. The van der Waals surface area contributed by atoms with Crippen LogP contribution >= 0.6 is 39.1 Å². The van der Waals surface area contributed by atoms with E-state index in [9.17, 15) is 13.2 Å². The van der Waals surface area contributed by atoms with Crippen LogP contribution in [0.2, 0.25) is 5.02 Å². The minimum atomic E-state index is -4.66. The van der Waals surface area contributed by atoms with E-state index in [1.165, 1.54) is 12.1 Å². The van der Waals surface area contributed by atoms with Gasteiger partial charge in [-0.3, -0.25) is 0 Å². The van der Waals surface area contributed by atoms with E-state index in [2.05, 4.69) is 20.9 Å². The molecular weight excluding hydrogens is 318 g/mol. The van der Waals surface area contributed by atoms with E-state index in [0.29, 0.717) is 4.47 Å². The summed E-state index contributed by atoms with van der Waals surface area (Å²) in [6.45, 7) is 0. The first-order valence-electron chi connectivity index (χ1n) is 3.58. The maximum absolute atomic E-state index is 12.0. The zero-order valence-corrected chi connectivity index (χ0v) is 10.0. The molecule has 0 heterocycles. The van der Waals surface area contributed by atoms with Gasteiger partial charge in [-0.05, 0) is 28.1 Å². The minimum Gasteiger partial charge on any atom is -0.231 e. The summed E-state index contributed by atoms with van der Waals surface area (Å²) in [4.78, 5) is 3.19. The highest BCUT2D eigenvalue weighted by molar-refractivity contribution is 9.10. The first-order valence-corrected chi connectivity index (χ1v) is 5.12. The maximum atomic E-state index is 12.0. The highest BCUT2D eigenvalue weighted by Crippen LogP contribution is 2.33. The molecule has 0 aliphatic rings. The van der Waals surface area contributed by atoms with Crippen LogP contribution in [0.5, 0.6) is 0 Å². The first kappa shape index (κ1) is 12.8. The molecule has 1 rings (SSSR count). The summed E-state index contributed by atoms with van der Waals surface area (Å²) in [7, 11) is 0. The minimum absolute atomic E-state index is 0.0339. The molecule has 0 unspecified atom stereocenters. The third-order valence-corrected chi connectivity index (χ3v) is 2.97. The van der Waals surface area contributed by atoms with Crippen LogP contribution < -0.4 is 0 Å². The van der Waals surface area contributed by atoms with E-state index in [0.717, 1.165) is 0 Å². The third-order valence-electron chi connectivity index (χ3n) is 1.38. The second-order valence-electron chi connectivity index (χ2n) is 2.47. The number of benzene rings is 1. The average Bonchev–Trinajstić information content (AvgIpc) is 2.11. The largest absolute Gasteiger partial charge is 0.444 e. The Labute approximate surface area is 102 Å². The van der Waals surface area contributed by atoms with Gasteiger partial charge in [-0.1, -0.05) is 29.3 Å². The van der Waals surface area contributed by atoms with E-state index in [1.54, 1.807) is 6.07 Å². The summed E-state index contributed by atoms with van der Waals surface area (Å²) in [5, 5.41) is -1.37. The molecule has 1 aromatic rings. The van der Waals surface area contributed by atoms with Gasteiger partial charge in [-0.2, -0.15) is 13.2 Å². The Morgan fingerprint density at radius 2 is 1.93 bits per heavy atom. The van der Waals surface area contributed by atoms with Crippen LogP contribution in [0.25, 0.3) is 0 Å². The summed E-state index contributed by atoms with van der Waals surface area (Å²) in [5.74, 6) is 0. The zero-order valence-electron chi connectivity index (χ0n) is 6.95. The van der Waals surface area contributed by atoms with E-state index in [4.69, 9.17) is 23.2 Å². The number of aliphatic imine (C=N–C) groups is 1. The molecule has 0 saturated heterocycles. The molecule has 7 heteroatoms. The van der Waals surface area contributed by atoms with E-state index >= 15 is 0 Å². The summed E-state index contributed by atoms with van der Waals surface area (Å²) in [6, 6.07) is 4.43. The van der Waals surface area contributed by atoms with Gasteiger partial charge in [0.05, 0.1) is 10.7 Å². The number of halogens is 6. The van der Waals surface area contributed by atoms with Gasteiger partial charge in [0.25, 0.3) is 0 Å². The van der Waals surface area contributed by atoms with Crippen molar-refractivity contribution < 1.29 is 13.2 Å². The Kier molecular flexibility index (Phi) is 4.03. The van der Waals surface area contributed by atoms with Crippen LogP contribution in [-0.4, -0.2) is 11.3 Å². The normalized spacial score (nSPS) is 13.1. The fourth-order valence-electron chi connectivity index (χ4n) is 0.748. The fraction of sp³-hybridized carbons (Fsp3) is 0.125. The zero-order chi connectivity index (χ0) is 11.6. The standard InChI is InChI=1S/C8H3BrCl2F3N/c9-4-2-1-3-5(6(4)10)15-7(11)8(12,13)14/h1-3H. The van der Waals surface area contributed by atoms with Crippen LogP contribution in [0.15, 0.2) is 27.7 Å². The summed E-state index contributed by atoms with van der Waals surface area (Å²) >= 11 is 13.7. The van der Waals surface area contributed by atoms with Crippen LogP contribution in [0.4, 0.5) is 18.9 Å². The fourth-order valence-corrected chi connectivity index (χ4v) is 1.36. The summed E-state index contributed by atoms with van der Waals surface area (Å²) in [6.07, 6.45) is -4.66. The van der Waals surface area contributed by atoms with Gasteiger partial charge in [0.2, 0.25) is 5.17 Å². The van der Waals surface area contributed by atoms with Crippen LogP contribution in [-0.2, 0) is 0 Å². The molecule has 0 amide bonds. The highest BCUT2D eigenvalue weighted by atomic mass is 79.9. The lowest BCUT2D eigenvalue weighted by Crippen LogP contribution is -2.16. The van der Waals surface area contributed by atoms with Crippen molar-refractivity contribution in [1.29, 1.82) is 0 Å². The number of hydrogen-bond acceptors (Lipinski definition) is 1. The van der Waals surface area contributed by atoms with Crippen molar-refractivity contribution in [3.8, 4) is 0 Å². The molecule has 0 aliphatic heterocycles. The molecule has 0 radical (unpaired) electrons. The van der Waals surface area contributed by atoms with E-state index in [-0.39, 0.29) is 10.7 Å². The van der Waals surface area contributed by atoms with Gasteiger partial charge >= 0.3 is 6.18 Å². The Bertz CT molecular complexity index is 403. The third kappa shape index (κ3) is 3.36.